The molecule has 5 aromatic rings. The van der Waals surface area contributed by atoms with Crippen molar-refractivity contribution in [1.82, 2.24) is 44.7 Å². The number of halogens is 3. The van der Waals surface area contributed by atoms with Gasteiger partial charge in [-0.05, 0) is 38.3 Å². The summed E-state index contributed by atoms with van der Waals surface area (Å²) in [6.07, 6.45) is 1.35. The third-order valence-electron chi connectivity index (χ3n) is 7.32. The molecule has 45 heavy (non-hydrogen) atoms. The number of hydrogen-bond donors (Lipinski definition) is 1. The van der Waals surface area contributed by atoms with Gasteiger partial charge in [0.25, 0.3) is 5.56 Å². The molecule has 4 aromatic heterocycles. The number of rotatable bonds is 10. The Hall–Kier alpha value is -5.21. The molecule has 1 N–H and O–H groups in total. The van der Waals surface area contributed by atoms with Crippen molar-refractivity contribution in [2.24, 2.45) is 0 Å². The number of aromatic amines is 1. The fraction of sp³-hybridized carbons (Fsp3) is 0.333. The second kappa shape index (κ2) is 12.1. The summed E-state index contributed by atoms with van der Waals surface area (Å²) in [6, 6.07) is 9.87. The van der Waals surface area contributed by atoms with Crippen LogP contribution in [0.3, 0.4) is 0 Å². The predicted octanol–water partition coefficient (Wildman–Crippen LogP) is 4.97. The number of nitrogens with one attached hydrogen (secondary N) is 1. The molecule has 6 rings (SSSR count). The summed E-state index contributed by atoms with van der Waals surface area (Å²) in [5.41, 5.74) is 2.08. The van der Waals surface area contributed by atoms with Crippen molar-refractivity contribution >= 4 is 5.95 Å². The third-order valence-corrected chi connectivity index (χ3v) is 7.32. The highest BCUT2D eigenvalue weighted by molar-refractivity contribution is 5.66. The number of imidazole rings is 1. The second-order valence-electron chi connectivity index (χ2n) is 10.9. The van der Waals surface area contributed by atoms with Crippen molar-refractivity contribution < 1.29 is 17.9 Å². The molecule has 1 fully saturated rings. The van der Waals surface area contributed by atoms with Crippen LogP contribution in [0.1, 0.15) is 61.3 Å². The average molecular weight is 619 g/mol. The van der Waals surface area contributed by atoms with Crippen LogP contribution in [0, 0.1) is 0 Å². The van der Waals surface area contributed by atoms with E-state index in [1.54, 1.807) is 32.0 Å². The molecule has 0 radical (unpaired) electrons. The van der Waals surface area contributed by atoms with E-state index in [1.165, 1.54) is 30.4 Å². The van der Waals surface area contributed by atoms with Crippen molar-refractivity contribution in [3.05, 3.63) is 88.2 Å². The Balaban J connectivity index is 1.35. The Bertz CT molecular complexity index is 1850. The van der Waals surface area contributed by atoms with Crippen molar-refractivity contribution in [2.75, 3.05) is 12.0 Å². The number of nitrogens with zero attached hydrogens (tertiary/aromatic N) is 9. The molecular weight excluding hydrogens is 589 g/mol. The van der Waals surface area contributed by atoms with E-state index in [0.717, 1.165) is 30.3 Å². The van der Waals surface area contributed by atoms with Gasteiger partial charge in [0, 0.05) is 36.3 Å². The molecule has 0 bridgehead atoms. The first kappa shape index (κ1) is 29.8. The Morgan fingerprint density at radius 2 is 1.76 bits per heavy atom. The van der Waals surface area contributed by atoms with Gasteiger partial charge in [-0.1, -0.05) is 24.3 Å². The van der Waals surface area contributed by atoms with Gasteiger partial charge >= 0.3 is 6.18 Å². The molecule has 1 aliphatic rings. The SMILES string of the molecule is COc1ncnc(C2CC2)c1-c1ncnc(N(Cc2ccc(-c3nc(C(F)(F)F)cn3C(C)C)cc2)Cc2ccc(=O)[nH]n2)n1. The van der Waals surface area contributed by atoms with Crippen LogP contribution in [0.15, 0.2) is 60.0 Å². The zero-order valence-corrected chi connectivity index (χ0v) is 24.7. The van der Waals surface area contributed by atoms with E-state index in [1.807, 2.05) is 17.0 Å². The monoisotopic (exact) mass is 618 g/mol. The number of hydrogen-bond acceptors (Lipinski definition) is 10. The largest absolute Gasteiger partial charge is 0.480 e. The first-order chi connectivity index (χ1) is 21.6. The summed E-state index contributed by atoms with van der Waals surface area (Å²) in [5, 5.41) is 6.59. The molecule has 1 aliphatic carbocycles. The maximum atomic E-state index is 13.4. The van der Waals surface area contributed by atoms with Gasteiger partial charge in [-0.3, -0.25) is 4.79 Å². The summed E-state index contributed by atoms with van der Waals surface area (Å²) >= 11 is 0. The molecular formula is C30H29F3N10O2. The fourth-order valence-corrected chi connectivity index (χ4v) is 4.95. The smallest absolute Gasteiger partial charge is 0.434 e. The van der Waals surface area contributed by atoms with Crippen LogP contribution in [-0.4, -0.2) is 51.8 Å². The predicted molar refractivity (Wildman–Crippen MR) is 157 cm³/mol. The second-order valence-corrected chi connectivity index (χ2v) is 10.9. The molecule has 12 nitrogen and oxygen atoms in total. The number of ether oxygens (including phenoxy) is 1. The third kappa shape index (κ3) is 6.51. The summed E-state index contributed by atoms with van der Waals surface area (Å²) in [4.78, 5) is 39.8. The Morgan fingerprint density at radius 3 is 2.40 bits per heavy atom. The fourth-order valence-electron chi connectivity index (χ4n) is 4.95. The maximum Gasteiger partial charge on any atom is 0.434 e. The van der Waals surface area contributed by atoms with Gasteiger partial charge in [0.05, 0.1) is 25.0 Å². The number of aromatic nitrogens is 9. The summed E-state index contributed by atoms with van der Waals surface area (Å²) in [5.74, 6) is 1.55. The van der Waals surface area contributed by atoms with Crippen LogP contribution in [0.25, 0.3) is 22.8 Å². The van der Waals surface area contributed by atoms with E-state index >= 15 is 0 Å². The molecule has 1 aromatic carbocycles. The quantitative estimate of drug-likeness (QED) is 0.228. The first-order valence-corrected chi connectivity index (χ1v) is 14.2. The number of benzene rings is 1. The lowest BCUT2D eigenvalue weighted by atomic mass is 10.1. The molecule has 0 atom stereocenters. The van der Waals surface area contributed by atoms with E-state index in [2.05, 4.69) is 35.1 Å². The zero-order valence-electron chi connectivity index (χ0n) is 24.7. The van der Waals surface area contributed by atoms with E-state index in [0.29, 0.717) is 41.0 Å². The van der Waals surface area contributed by atoms with E-state index in [4.69, 9.17) is 9.72 Å². The zero-order chi connectivity index (χ0) is 31.7. The molecule has 1 saturated carbocycles. The first-order valence-electron chi connectivity index (χ1n) is 14.2. The Morgan fingerprint density at radius 1 is 1.00 bits per heavy atom. The summed E-state index contributed by atoms with van der Waals surface area (Å²) in [7, 11) is 1.53. The standard InChI is InChI=1S/C30H29F3N10O2/c1-17(2)43-14-22(30(31,32)33)38-27(43)20-6-4-18(5-7-20)12-42(13-21-10-11-23(44)41-40-21)29-37-16-35-26(39-29)24-25(19-8-9-19)34-15-36-28(24)45-3/h4-7,10-11,14-17,19H,8-9,12-13H2,1-3H3,(H,41,44). The molecule has 0 spiro atoms. The Kier molecular flexibility index (Phi) is 7.99. The van der Waals surface area contributed by atoms with Gasteiger partial charge in [-0.15, -0.1) is 0 Å². The van der Waals surface area contributed by atoms with Crippen molar-refractivity contribution in [3.8, 4) is 28.7 Å². The number of methoxy groups -OCH3 is 1. The Labute approximate surface area is 255 Å². The molecule has 0 saturated heterocycles. The number of H-pyrrole nitrogens is 1. The molecule has 15 heteroatoms. The van der Waals surface area contributed by atoms with Crippen molar-refractivity contribution in [2.45, 2.75) is 57.9 Å². The molecule has 0 aliphatic heterocycles. The minimum absolute atomic E-state index is 0.226. The van der Waals surface area contributed by atoms with Crippen LogP contribution in [-0.2, 0) is 19.3 Å². The van der Waals surface area contributed by atoms with Gasteiger partial charge in [0.15, 0.2) is 11.5 Å². The van der Waals surface area contributed by atoms with Crippen LogP contribution >= 0.6 is 0 Å². The lowest BCUT2D eigenvalue weighted by Gasteiger charge is -2.23. The van der Waals surface area contributed by atoms with Gasteiger partial charge in [0.1, 0.15) is 24.0 Å². The lowest BCUT2D eigenvalue weighted by Crippen LogP contribution is -2.26. The van der Waals surface area contributed by atoms with Crippen molar-refractivity contribution in [1.29, 1.82) is 0 Å². The van der Waals surface area contributed by atoms with Crippen LogP contribution in [0.5, 0.6) is 5.88 Å². The average Bonchev–Trinajstić information content (AvgIpc) is 3.77. The highest BCUT2D eigenvalue weighted by Gasteiger charge is 2.35. The number of anilines is 1. The number of alkyl halides is 3. The molecule has 0 amide bonds. The summed E-state index contributed by atoms with van der Waals surface area (Å²) in [6.45, 7) is 4.13. The van der Waals surface area contributed by atoms with Crippen LogP contribution in [0.2, 0.25) is 0 Å². The van der Waals surface area contributed by atoms with Gasteiger partial charge in [-0.2, -0.15) is 23.3 Å². The highest BCUT2D eigenvalue weighted by Crippen LogP contribution is 2.45. The van der Waals surface area contributed by atoms with E-state index in [9.17, 15) is 18.0 Å². The lowest BCUT2D eigenvalue weighted by molar-refractivity contribution is -0.140. The highest BCUT2D eigenvalue weighted by atomic mass is 19.4. The minimum atomic E-state index is -4.55. The molecule has 4 heterocycles. The van der Waals surface area contributed by atoms with E-state index in [-0.39, 0.29) is 29.9 Å². The maximum absolute atomic E-state index is 13.4. The van der Waals surface area contributed by atoms with Gasteiger partial charge in [-0.25, -0.2) is 30.0 Å². The summed E-state index contributed by atoms with van der Waals surface area (Å²) < 4.78 is 47.4. The van der Waals surface area contributed by atoms with E-state index < -0.39 is 11.9 Å². The van der Waals surface area contributed by atoms with Gasteiger partial charge < -0.3 is 14.2 Å². The molecule has 232 valence electrons. The normalized spacial score (nSPS) is 13.3. The van der Waals surface area contributed by atoms with Crippen molar-refractivity contribution in [3.63, 3.8) is 0 Å². The minimum Gasteiger partial charge on any atom is -0.480 e. The van der Waals surface area contributed by atoms with Crippen LogP contribution < -0.4 is 15.2 Å². The van der Waals surface area contributed by atoms with Gasteiger partial charge in [0.2, 0.25) is 11.8 Å². The topological polar surface area (TPSA) is 140 Å². The molecule has 0 unspecified atom stereocenters. The van der Waals surface area contributed by atoms with Crippen LogP contribution in [0.4, 0.5) is 19.1 Å².